The number of carbonyl (C=O) groups is 2. The van der Waals surface area contributed by atoms with Crippen LogP contribution in [0.4, 0.5) is 4.79 Å². The molecule has 0 aliphatic heterocycles. The van der Waals surface area contributed by atoms with Crippen molar-refractivity contribution in [1.29, 1.82) is 0 Å². The monoisotopic (exact) mass is 418 g/mol. The molecule has 150 valence electrons. The molecule has 0 atom stereocenters. The lowest BCUT2D eigenvalue weighted by Crippen LogP contribution is -2.26. The lowest BCUT2D eigenvalue weighted by atomic mass is 9.98. The van der Waals surface area contributed by atoms with Gasteiger partial charge in [0.15, 0.2) is 5.01 Å². The predicted molar refractivity (Wildman–Crippen MR) is 114 cm³/mol. The molecule has 0 unspecified atom stereocenters. The quantitative estimate of drug-likeness (QED) is 0.481. The van der Waals surface area contributed by atoms with Crippen LogP contribution in [0.15, 0.2) is 54.7 Å². The van der Waals surface area contributed by atoms with Crippen molar-refractivity contribution in [3.8, 4) is 23.0 Å². The molecule has 1 aliphatic rings. The number of nitrogens with one attached hydrogen (secondary N) is 1. The SMILES string of the molecule is O=C(NCCC#Cc1ncc(C(=O)O)s1)OCC1c2ccccc2-c2ccccc21. The third kappa shape index (κ3) is 4.19. The van der Waals surface area contributed by atoms with Crippen LogP contribution in [0.3, 0.4) is 0 Å². The number of ether oxygens (including phenoxy) is 1. The number of alkyl carbamates (subject to hydrolysis) is 1. The van der Waals surface area contributed by atoms with E-state index in [9.17, 15) is 9.59 Å². The molecule has 0 fully saturated rings. The van der Waals surface area contributed by atoms with Crippen molar-refractivity contribution in [2.75, 3.05) is 13.2 Å². The van der Waals surface area contributed by atoms with E-state index in [-0.39, 0.29) is 17.4 Å². The molecule has 30 heavy (non-hydrogen) atoms. The van der Waals surface area contributed by atoms with E-state index in [1.807, 2.05) is 24.3 Å². The van der Waals surface area contributed by atoms with E-state index in [1.54, 1.807) is 0 Å². The van der Waals surface area contributed by atoms with Gasteiger partial charge in [-0.2, -0.15) is 0 Å². The topological polar surface area (TPSA) is 88.5 Å². The first-order valence-corrected chi connectivity index (χ1v) is 10.2. The van der Waals surface area contributed by atoms with Gasteiger partial charge in [-0.15, -0.1) is 0 Å². The van der Waals surface area contributed by atoms with Gasteiger partial charge in [0.25, 0.3) is 0 Å². The Balaban J connectivity index is 1.28. The number of amides is 1. The van der Waals surface area contributed by atoms with E-state index < -0.39 is 12.1 Å². The zero-order valence-corrected chi connectivity index (χ0v) is 16.7. The molecule has 6 nitrogen and oxygen atoms in total. The Kier molecular flexibility index (Phi) is 5.77. The molecular formula is C23H18N2O4S. The van der Waals surface area contributed by atoms with Crippen LogP contribution in [0.2, 0.25) is 0 Å². The summed E-state index contributed by atoms with van der Waals surface area (Å²) in [6, 6.07) is 16.4. The number of aromatic carboxylic acids is 1. The van der Waals surface area contributed by atoms with Crippen molar-refractivity contribution in [3.63, 3.8) is 0 Å². The molecular weight excluding hydrogens is 400 g/mol. The molecule has 1 amide bonds. The Morgan fingerprint density at radius 2 is 1.77 bits per heavy atom. The Hall–Kier alpha value is -3.63. The number of thiazole rings is 1. The van der Waals surface area contributed by atoms with Crippen LogP contribution in [-0.4, -0.2) is 35.3 Å². The van der Waals surface area contributed by atoms with Crippen LogP contribution in [0, 0.1) is 11.8 Å². The Labute approximate surface area is 177 Å². The van der Waals surface area contributed by atoms with Gasteiger partial charge in [0.05, 0.1) is 6.20 Å². The van der Waals surface area contributed by atoms with E-state index in [2.05, 4.69) is 46.4 Å². The summed E-state index contributed by atoms with van der Waals surface area (Å²) >= 11 is 1.02. The zero-order chi connectivity index (χ0) is 20.9. The van der Waals surface area contributed by atoms with Crippen molar-refractivity contribution in [2.45, 2.75) is 12.3 Å². The minimum atomic E-state index is -1.02. The van der Waals surface area contributed by atoms with E-state index >= 15 is 0 Å². The Bertz CT molecular complexity index is 1110. The highest BCUT2D eigenvalue weighted by Crippen LogP contribution is 2.44. The lowest BCUT2D eigenvalue weighted by molar-refractivity contribution is 0.0702. The van der Waals surface area contributed by atoms with Gasteiger partial charge in [0.1, 0.15) is 11.5 Å². The van der Waals surface area contributed by atoms with Crippen molar-refractivity contribution in [1.82, 2.24) is 10.3 Å². The first-order valence-electron chi connectivity index (χ1n) is 9.40. The maximum Gasteiger partial charge on any atom is 0.407 e. The highest BCUT2D eigenvalue weighted by atomic mass is 32.1. The van der Waals surface area contributed by atoms with E-state index in [1.165, 1.54) is 28.5 Å². The van der Waals surface area contributed by atoms with Crippen LogP contribution in [0.1, 0.15) is 38.1 Å². The van der Waals surface area contributed by atoms with Crippen LogP contribution >= 0.6 is 11.3 Å². The number of benzene rings is 2. The summed E-state index contributed by atoms with van der Waals surface area (Å²) in [5, 5.41) is 12.0. The summed E-state index contributed by atoms with van der Waals surface area (Å²) in [7, 11) is 0. The Morgan fingerprint density at radius 3 is 2.40 bits per heavy atom. The standard InChI is InChI=1S/C23H18N2O4S/c26-22(27)20-13-25-21(30-20)11-5-6-12-24-23(28)29-14-19-17-9-3-1-7-15(17)16-8-2-4-10-18(16)19/h1-4,7-10,13,19H,6,12,14H2,(H,24,28)(H,26,27). The molecule has 0 spiro atoms. The molecule has 2 aromatic carbocycles. The highest BCUT2D eigenvalue weighted by Gasteiger charge is 2.28. The number of carboxylic acids is 1. The average Bonchev–Trinajstić information content (AvgIpc) is 3.35. The molecule has 0 bridgehead atoms. The van der Waals surface area contributed by atoms with Gasteiger partial charge in [-0.3, -0.25) is 0 Å². The number of hydrogen-bond acceptors (Lipinski definition) is 5. The molecule has 0 radical (unpaired) electrons. The summed E-state index contributed by atoms with van der Waals surface area (Å²) in [5.74, 6) is 4.67. The largest absolute Gasteiger partial charge is 0.477 e. The third-order valence-corrected chi connectivity index (χ3v) is 5.68. The fraction of sp³-hybridized carbons (Fsp3) is 0.174. The van der Waals surface area contributed by atoms with Gasteiger partial charge in [-0.25, -0.2) is 14.6 Å². The molecule has 4 rings (SSSR count). The zero-order valence-electron chi connectivity index (χ0n) is 15.9. The molecule has 7 heteroatoms. The first kappa shape index (κ1) is 19.7. The minimum absolute atomic E-state index is 0.0243. The first-order chi connectivity index (χ1) is 14.6. The predicted octanol–water partition coefficient (Wildman–Crippen LogP) is 4.12. The van der Waals surface area contributed by atoms with Gasteiger partial charge in [0, 0.05) is 18.9 Å². The van der Waals surface area contributed by atoms with Crippen molar-refractivity contribution >= 4 is 23.4 Å². The maximum absolute atomic E-state index is 12.1. The van der Waals surface area contributed by atoms with E-state index in [0.29, 0.717) is 18.0 Å². The summed E-state index contributed by atoms with van der Waals surface area (Å²) in [6.45, 7) is 0.601. The van der Waals surface area contributed by atoms with Gasteiger partial charge in [0.2, 0.25) is 0 Å². The van der Waals surface area contributed by atoms with Gasteiger partial charge in [-0.05, 0) is 28.2 Å². The number of hydrogen-bond donors (Lipinski definition) is 2. The number of aromatic nitrogens is 1. The minimum Gasteiger partial charge on any atom is -0.477 e. The van der Waals surface area contributed by atoms with E-state index in [0.717, 1.165) is 11.3 Å². The van der Waals surface area contributed by atoms with Crippen molar-refractivity contribution in [3.05, 3.63) is 75.7 Å². The summed E-state index contributed by atoms with van der Waals surface area (Å²) in [4.78, 5) is 27.0. The van der Waals surface area contributed by atoms with Crippen molar-refractivity contribution in [2.24, 2.45) is 0 Å². The number of nitrogens with zero attached hydrogens (tertiary/aromatic N) is 1. The van der Waals surface area contributed by atoms with Crippen LogP contribution in [0.25, 0.3) is 11.1 Å². The molecule has 2 N–H and O–H groups in total. The van der Waals surface area contributed by atoms with Gasteiger partial charge >= 0.3 is 12.1 Å². The third-order valence-electron chi connectivity index (χ3n) is 4.77. The second-order valence-electron chi connectivity index (χ2n) is 6.64. The summed E-state index contributed by atoms with van der Waals surface area (Å²) < 4.78 is 5.46. The fourth-order valence-electron chi connectivity index (χ4n) is 3.45. The molecule has 1 aromatic heterocycles. The Morgan fingerprint density at radius 1 is 1.10 bits per heavy atom. The number of fused-ring (bicyclic) bond motifs is 3. The number of rotatable bonds is 5. The van der Waals surface area contributed by atoms with Gasteiger partial charge < -0.3 is 15.2 Å². The summed E-state index contributed by atoms with van der Waals surface area (Å²) in [5.41, 5.74) is 4.71. The maximum atomic E-state index is 12.1. The average molecular weight is 418 g/mol. The lowest BCUT2D eigenvalue weighted by Gasteiger charge is -2.14. The van der Waals surface area contributed by atoms with Crippen LogP contribution in [-0.2, 0) is 4.74 Å². The van der Waals surface area contributed by atoms with Crippen LogP contribution in [0.5, 0.6) is 0 Å². The second kappa shape index (κ2) is 8.80. The normalized spacial score (nSPS) is 11.7. The summed E-state index contributed by atoms with van der Waals surface area (Å²) in [6.07, 6.45) is 1.21. The highest BCUT2D eigenvalue weighted by molar-refractivity contribution is 7.14. The van der Waals surface area contributed by atoms with Gasteiger partial charge in [-0.1, -0.05) is 65.8 Å². The molecule has 0 saturated carbocycles. The fourth-order valence-corrected chi connectivity index (χ4v) is 4.08. The van der Waals surface area contributed by atoms with Crippen LogP contribution < -0.4 is 5.32 Å². The molecule has 0 saturated heterocycles. The molecule has 1 heterocycles. The van der Waals surface area contributed by atoms with E-state index in [4.69, 9.17) is 9.84 Å². The smallest absolute Gasteiger partial charge is 0.407 e. The second-order valence-corrected chi connectivity index (χ2v) is 7.67. The van der Waals surface area contributed by atoms with Crippen molar-refractivity contribution < 1.29 is 19.4 Å². The number of carboxylic acid groups (broad SMARTS) is 1. The molecule has 3 aromatic rings. The molecule has 1 aliphatic carbocycles. The number of carbonyl (C=O) groups excluding carboxylic acids is 1.